The second-order valence-corrected chi connectivity index (χ2v) is 3.98. The Hall–Kier alpha value is -1.96. The van der Waals surface area contributed by atoms with E-state index in [1.807, 2.05) is 0 Å². The zero-order valence-corrected chi connectivity index (χ0v) is 9.36. The molecule has 0 aromatic carbocycles. The summed E-state index contributed by atoms with van der Waals surface area (Å²) in [7, 11) is 1.76. The fourth-order valence-electron chi connectivity index (χ4n) is 1.11. The Kier molecular flexibility index (Phi) is 2.82. The Bertz CT molecular complexity index is 504. The van der Waals surface area contributed by atoms with Gasteiger partial charge in [0.15, 0.2) is 11.0 Å². The number of amides is 1. The minimum Gasteiger partial charge on any atom is -0.375 e. The van der Waals surface area contributed by atoms with Crippen LogP contribution in [0, 0.1) is 0 Å². The number of carbonyl (C=O) groups is 1. The summed E-state index contributed by atoms with van der Waals surface area (Å²) in [5.41, 5.74) is 5.74. The van der Waals surface area contributed by atoms with Gasteiger partial charge in [-0.2, -0.15) is 5.10 Å². The number of aryl methyl sites for hydroxylation is 1. The molecule has 2 aromatic heterocycles. The molecule has 0 aliphatic heterocycles. The van der Waals surface area contributed by atoms with Crippen molar-refractivity contribution in [1.29, 1.82) is 0 Å². The average Bonchev–Trinajstić information content (AvgIpc) is 2.84. The van der Waals surface area contributed by atoms with Crippen molar-refractivity contribution in [3.8, 4) is 0 Å². The largest absolute Gasteiger partial charge is 0.375 e. The van der Waals surface area contributed by atoms with E-state index in [1.165, 1.54) is 11.3 Å². The van der Waals surface area contributed by atoms with Crippen molar-refractivity contribution < 1.29 is 4.79 Å². The molecule has 16 heavy (non-hydrogen) atoms. The minimum absolute atomic E-state index is 0.275. The molecule has 0 saturated heterocycles. The molecule has 0 radical (unpaired) electrons. The molecule has 7 nitrogen and oxygen atoms in total. The number of carbonyl (C=O) groups excluding carboxylic acids is 1. The first-order valence-corrected chi connectivity index (χ1v) is 5.37. The summed E-state index contributed by atoms with van der Waals surface area (Å²) in [6, 6.07) is 0. The van der Waals surface area contributed by atoms with Gasteiger partial charge in [-0.25, -0.2) is 9.97 Å². The number of anilines is 1. The molecule has 0 bridgehead atoms. The Balaban J connectivity index is 1.93. The van der Waals surface area contributed by atoms with Gasteiger partial charge < -0.3 is 11.1 Å². The van der Waals surface area contributed by atoms with E-state index in [2.05, 4.69) is 20.4 Å². The van der Waals surface area contributed by atoms with Crippen LogP contribution in [0.15, 0.2) is 11.7 Å². The molecule has 0 saturated carbocycles. The number of hydrogen-bond acceptors (Lipinski definition) is 6. The van der Waals surface area contributed by atoms with Gasteiger partial charge in [0, 0.05) is 12.4 Å². The number of nitrogens with one attached hydrogen (secondary N) is 1. The lowest BCUT2D eigenvalue weighted by Gasteiger charge is -1.98. The molecule has 0 aliphatic carbocycles. The Labute approximate surface area is 95.3 Å². The van der Waals surface area contributed by atoms with Crippen LogP contribution in [0.2, 0.25) is 0 Å². The van der Waals surface area contributed by atoms with Crippen LogP contribution in [-0.2, 0) is 13.6 Å². The standard InChI is InChI=1S/C8H10N6OS/c1-14-4-11-6(13-14)2-10-7(15)5-3-16-8(9)12-5/h3-4H,2H2,1H3,(H2,9,12)(H,10,15). The second-order valence-electron chi connectivity index (χ2n) is 3.09. The number of thiazole rings is 1. The van der Waals surface area contributed by atoms with Crippen LogP contribution in [-0.4, -0.2) is 25.7 Å². The molecule has 0 atom stereocenters. The first-order chi connectivity index (χ1) is 7.65. The summed E-state index contributed by atoms with van der Waals surface area (Å²) in [4.78, 5) is 19.4. The summed E-state index contributed by atoms with van der Waals surface area (Å²) >= 11 is 1.23. The highest BCUT2D eigenvalue weighted by Crippen LogP contribution is 2.10. The zero-order chi connectivity index (χ0) is 11.5. The molecule has 0 spiro atoms. The van der Waals surface area contributed by atoms with Gasteiger partial charge in [0.25, 0.3) is 5.91 Å². The minimum atomic E-state index is -0.277. The number of rotatable bonds is 3. The molecule has 0 unspecified atom stereocenters. The molecular weight excluding hydrogens is 228 g/mol. The maximum Gasteiger partial charge on any atom is 0.271 e. The van der Waals surface area contributed by atoms with Crippen LogP contribution in [0.3, 0.4) is 0 Å². The fourth-order valence-corrected chi connectivity index (χ4v) is 1.65. The first kappa shape index (κ1) is 10.6. The third-order valence-corrected chi connectivity index (χ3v) is 2.48. The van der Waals surface area contributed by atoms with Crippen LogP contribution in [0.5, 0.6) is 0 Å². The first-order valence-electron chi connectivity index (χ1n) is 4.49. The van der Waals surface area contributed by atoms with Gasteiger partial charge in [0.1, 0.15) is 12.0 Å². The second kappa shape index (κ2) is 4.27. The number of nitrogen functional groups attached to an aromatic ring is 1. The lowest BCUT2D eigenvalue weighted by molar-refractivity contribution is 0.0945. The van der Waals surface area contributed by atoms with E-state index in [4.69, 9.17) is 5.73 Å². The summed E-state index contributed by atoms with van der Waals surface area (Å²) in [5, 5.41) is 8.67. The van der Waals surface area contributed by atoms with Crippen molar-refractivity contribution in [3.63, 3.8) is 0 Å². The van der Waals surface area contributed by atoms with Crippen LogP contribution in [0.4, 0.5) is 5.13 Å². The van der Waals surface area contributed by atoms with Gasteiger partial charge in [-0.1, -0.05) is 0 Å². The van der Waals surface area contributed by atoms with Gasteiger partial charge in [-0.3, -0.25) is 9.48 Å². The van der Waals surface area contributed by atoms with E-state index in [0.29, 0.717) is 16.6 Å². The van der Waals surface area contributed by atoms with Gasteiger partial charge >= 0.3 is 0 Å². The molecule has 8 heteroatoms. The van der Waals surface area contributed by atoms with E-state index in [-0.39, 0.29) is 12.5 Å². The summed E-state index contributed by atoms with van der Waals surface area (Å²) < 4.78 is 1.57. The zero-order valence-electron chi connectivity index (χ0n) is 8.54. The molecule has 0 aliphatic rings. The molecule has 2 aromatic rings. The number of nitrogens with zero attached hydrogens (tertiary/aromatic N) is 4. The lowest BCUT2D eigenvalue weighted by Crippen LogP contribution is -2.23. The van der Waals surface area contributed by atoms with Crippen molar-refractivity contribution in [3.05, 3.63) is 23.2 Å². The van der Waals surface area contributed by atoms with Crippen LogP contribution in [0.1, 0.15) is 16.3 Å². The predicted molar refractivity (Wildman–Crippen MR) is 58.7 cm³/mol. The fraction of sp³-hybridized carbons (Fsp3) is 0.250. The molecule has 0 fully saturated rings. The van der Waals surface area contributed by atoms with Crippen molar-refractivity contribution in [2.45, 2.75) is 6.54 Å². The van der Waals surface area contributed by atoms with Gasteiger partial charge in [0.2, 0.25) is 0 Å². The highest BCUT2D eigenvalue weighted by molar-refractivity contribution is 7.13. The van der Waals surface area contributed by atoms with E-state index in [0.717, 1.165) is 0 Å². The third kappa shape index (κ3) is 2.34. The molecule has 3 N–H and O–H groups in total. The van der Waals surface area contributed by atoms with Gasteiger partial charge in [0.05, 0.1) is 6.54 Å². The smallest absolute Gasteiger partial charge is 0.271 e. The molecule has 2 rings (SSSR count). The normalized spacial score (nSPS) is 10.3. The van der Waals surface area contributed by atoms with E-state index in [9.17, 15) is 4.79 Å². The molecule has 84 valence electrons. The molecule has 1 amide bonds. The van der Waals surface area contributed by atoms with Crippen molar-refractivity contribution >= 4 is 22.4 Å². The van der Waals surface area contributed by atoms with Gasteiger partial charge in [-0.15, -0.1) is 11.3 Å². The highest BCUT2D eigenvalue weighted by atomic mass is 32.1. The quantitative estimate of drug-likeness (QED) is 0.770. The Morgan fingerprint density at radius 2 is 2.50 bits per heavy atom. The lowest BCUT2D eigenvalue weighted by atomic mass is 10.4. The number of nitrogens with two attached hydrogens (primary N) is 1. The van der Waals surface area contributed by atoms with Crippen molar-refractivity contribution in [2.75, 3.05) is 5.73 Å². The summed E-state index contributed by atoms with van der Waals surface area (Å²) in [5.74, 6) is 0.277. The maximum absolute atomic E-state index is 11.6. The Morgan fingerprint density at radius 3 is 3.06 bits per heavy atom. The number of aromatic nitrogens is 4. The van der Waals surface area contributed by atoms with Gasteiger partial charge in [-0.05, 0) is 0 Å². The number of hydrogen-bond donors (Lipinski definition) is 2. The van der Waals surface area contributed by atoms with Crippen LogP contribution >= 0.6 is 11.3 Å². The SMILES string of the molecule is Cn1cnc(CNC(=O)c2csc(N)n2)n1. The van der Waals surface area contributed by atoms with Crippen LogP contribution in [0.25, 0.3) is 0 Å². The predicted octanol–water partition coefficient (Wildman–Crippen LogP) is -0.216. The topological polar surface area (TPSA) is 98.7 Å². The van der Waals surface area contributed by atoms with E-state index in [1.54, 1.807) is 23.4 Å². The average molecular weight is 238 g/mol. The Morgan fingerprint density at radius 1 is 1.69 bits per heavy atom. The third-order valence-electron chi connectivity index (χ3n) is 1.81. The van der Waals surface area contributed by atoms with E-state index >= 15 is 0 Å². The monoisotopic (exact) mass is 238 g/mol. The van der Waals surface area contributed by atoms with Crippen molar-refractivity contribution in [1.82, 2.24) is 25.1 Å². The molecular formula is C8H10N6OS. The highest BCUT2D eigenvalue weighted by Gasteiger charge is 2.09. The van der Waals surface area contributed by atoms with Crippen LogP contribution < -0.4 is 11.1 Å². The molecule has 2 heterocycles. The summed E-state index contributed by atoms with van der Waals surface area (Å²) in [6.07, 6.45) is 1.57. The maximum atomic E-state index is 11.6. The van der Waals surface area contributed by atoms with Crippen molar-refractivity contribution in [2.24, 2.45) is 7.05 Å². The van der Waals surface area contributed by atoms with E-state index < -0.39 is 0 Å². The summed E-state index contributed by atoms with van der Waals surface area (Å²) in [6.45, 7) is 0.275.